The number of hydrogen-bond acceptors (Lipinski definition) is 3. The fourth-order valence-electron chi connectivity index (χ4n) is 2.32. The highest BCUT2D eigenvalue weighted by molar-refractivity contribution is 5.82. The fourth-order valence-corrected chi connectivity index (χ4v) is 2.32. The predicted octanol–water partition coefficient (Wildman–Crippen LogP) is 3.25. The zero-order valence-corrected chi connectivity index (χ0v) is 12.1. The molecule has 0 radical (unpaired) electrons. The number of aromatic nitrogens is 2. The van der Waals surface area contributed by atoms with E-state index in [0.29, 0.717) is 28.3 Å². The topological polar surface area (TPSA) is 68.7 Å². The van der Waals surface area contributed by atoms with Crippen LogP contribution in [0.5, 0.6) is 5.75 Å². The minimum Gasteiger partial charge on any atom is -0.486 e. The fraction of sp³-hybridized carbons (Fsp3) is 0.118. The van der Waals surface area contributed by atoms with Crippen molar-refractivity contribution in [2.24, 2.45) is 0 Å². The standard InChI is InChI=1S/C17H13N3O3/c1-18-12-7-8-15-14(9-12)19-16(20(15)10-17(21)22)11-23-13-5-3-2-4-6-13/h2-9H,10-11H2,(H,21,22). The summed E-state index contributed by atoms with van der Waals surface area (Å²) in [6.45, 7) is 7.00. The summed E-state index contributed by atoms with van der Waals surface area (Å²) in [5.41, 5.74) is 1.73. The molecular formula is C17H13N3O3. The van der Waals surface area contributed by atoms with Gasteiger partial charge >= 0.3 is 5.97 Å². The SMILES string of the molecule is [C-]#[N+]c1ccc2c(c1)nc(COc1ccccc1)n2CC(=O)O. The lowest BCUT2D eigenvalue weighted by atomic mass is 10.3. The summed E-state index contributed by atoms with van der Waals surface area (Å²) in [4.78, 5) is 18.9. The van der Waals surface area contributed by atoms with Crippen molar-refractivity contribution in [3.8, 4) is 5.75 Å². The molecule has 114 valence electrons. The van der Waals surface area contributed by atoms with Gasteiger partial charge in [0.1, 0.15) is 24.7 Å². The molecule has 1 N–H and O–H groups in total. The summed E-state index contributed by atoms with van der Waals surface area (Å²) >= 11 is 0. The van der Waals surface area contributed by atoms with Gasteiger partial charge in [-0.25, -0.2) is 9.83 Å². The Balaban J connectivity index is 1.97. The van der Waals surface area contributed by atoms with Gasteiger partial charge in [-0.1, -0.05) is 24.3 Å². The van der Waals surface area contributed by atoms with Gasteiger partial charge in [0.05, 0.1) is 17.6 Å². The van der Waals surface area contributed by atoms with Gasteiger partial charge in [0, 0.05) is 0 Å². The molecule has 0 bridgehead atoms. The summed E-state index contributed by atoms with van der Waals surface area (Å²) in [5.74, 6) is 0.233. The number of rotatable bonds is 5. The van der Waals surface area contributed by atoms with Crippen LogP contribution in [0.1, 0.15) is 5.82 Å². The Labute approximate surface area is 132 Å². The Hall–Kier alpha value is -3.33. The average molecular weight is 307 g/mol. The molecule has 0 saturated heterocycles. The molecule has 3 aromatic rings. The normalized spacial score (nSPS) is 10.4. The molecule has 1 aromatic heterocycles. The lowest BCUT2D eigenvalue weighted by Gasteiger charge is -2.08. The molecule has 6 nitrogen and oxygen atoms in total. The molecule has 0 unspecified atom stereocenters. The van der Waals surface area contributed by atoms with Crippen LogP contribution in [0.3, 0.4) is 0 Å². The Morgan fingerprint density at radius 2 is 2.04 bits per heavy atom. The van der Waals surface area contributed by atoms with Crippen LogP contribution in [0.15, 0.2) is 48.5 Å². The molecule has 2 aromatic carbocycles. The molecule has 0 aliphatic carbocycles. The number of fused-ring (bicyclic) bond motifs is 1. The van der Waals surface area contributed by atoms with E-state index in [1.807, 2.05) is 30.3 Å². The highest BCUT2D eigenvalue weighted by Gasteiger charge is 2.14. The van der Waals surface area contributed by atoms with E-state index < -0.39 is 5.97 Å². The maximum atomic E-state index is 11.1. The van der Waals surface area contributed by atoms with Crippen LogP contribution < -0.4 is 4.74 Å². The number of carboxylic acids is 1. The molecule has 0 saturated carbocycles. The monoisotopic (exact) mass is 307 g/mol. The van der Waals surface area contributed by atoms with Crippen LogP contribution in [0.4, 0.5) is 5.69 Å². The van der Waals surface area contributed by atoms with Crippen molar-refractivity contribution in [2.75, 3.05) is 0 Å². The van der Waals surface area contributed by atoms with Crippen LogP contribution in [0.2, 0.25) is 0 Å². The summed E-state index contributed by atoms with van der Waals surface area (Å²) in [5, 5.41) is 9.12. The molecule has 0 spiro atoms. The second-order valence-electron chi connectivity index (χ2n) is 4.89. The minimum atomic E-state index is -0.959. The van der Waals surface area contributed by atoms with Gasteiger partial charge in [0.2, 0.25) is 0 Å². The summed E-state index contributed by atoms with van der Waals surface area (Å²) < 4.78 is 7.26. The lowest BCUT2D eigenvalue weighted by Crippen LogP contribution is -2.13. The second-order valence-corrected chi connectivity index (χ2v) is 4.89. The molecule has 0 aliphatic rings. The van der Waals surface area contributed by atoms with E-state index in [4.69, 9.17) is 16.4 Å². The first-order valence-electron chi connectivity index (χ1n) is 6.93. The number of carboxylic acid groups (broad SMARTS) is 1. The largest absolute Gasteiger partial charge is 0.486 e. The van der Waals surface area contributed by atoms with Crippen LogP contribution in [-0.2, 0) is 17.9 Å². The zero-order chi connectivity index (χ0) is 16.2. The van der Waals surface area contributed by atoms with Gasteiger partial charge in [-0.3, -0.25) is 4.79 Å². The molecule has 0 atom stereocenters. The first-order chi connectivity index (χ1) is 11.2. The smallest absolute Gasteiger partial charge is 0.323 e. The van der Waals surface area contributed by atoms with Gasteiger partial charge in [-0.2, -0.15) is 0 Å². The highest BCUT2D eigenvalue weighted by atomic mass is 16.5. The Morgan fingerprint density at radius 3 is 2.74 bits per heavy atom. The maximum Gasteiger partial charge on any atom is 0.323 e. The number of para-hydroxylation sites is 1. The number of hydrogen-bond donors (Lipinski definition) is 1. The van der Waals surface area contributed by atoms with E-state index in [-0.39, 0.29) is 13.2 Å². The van der Waals surface area contributed by atoms with Crippen LogP contribution >= 0.6 is 0 Å². The van der Waals surface area contributed by atoms with Crippen LogP contribution in [0, 0.1) is 6.57 Å². The number of aliphatic carboxylic acids is 1. The molecule has 0 amide bonds. The molecule has 0 aliphatic heterocycles. The molecule has 6 heteroatoms. The lowest BCUT2D eigenvalue weighted by molar-refractivity contribution is -0.137. The van der Waals surface area contributed by atoms with E-state index in [1.54, 1.807) is 22.8 Å². The summed E-state index contributed by atoms with van der Waals surface area (Å²) in [6, 6.07) is 14.3. The van der Waals surface area contributed by atoms with Gasteiger partial charge < -0.3 is 14.4 Å². The number of carbonyl (C=O) groups is 1. The third kappa shape index (κ3) is 3.14. The van der Waals surface area contributed by atoms with Crippen LogP contribution in [0.25, 0.3) is 15.9 Å². The maximum absolute atomic E-state index is 11.1. The molecule has 0 fully saturated rings. The van der Waals surface area contributed by atoms with Crippen molar-refractivity contribution in [2.45, 2.75) is 13.2 Å². The molecule has 1 heterocycles. The number of imidazole rings is 1. The van der Waals surface area contributed by atoms with Crippen LogP contribution in [-0.4, -0.2) is 20.6 Å². The Bertz CT molecular complexity index is 895. The average Bonchev–Trinajstić information content (AvgIpc) is 2.90. The molecule has 3 rings (SSSR count). The van der Waals surface area contributed by atoms with Crippen molar-refractivity contribution in [3.05, 3.63) is 65.8 Å². The predicted molar refractivity (Wildman–Crippen MR) is 84.4 cm³/mol. The Morgan fingerprint density at radius 1 is 1.26 bits per heavy atom. The van der Waals surface area contributed by atoms with Crippen molar-refractivity contribution >= 4 is 22.7 Å². The van der Waals surface area contributed by atoms with Crippen molar-refractivity contribution < 1.29 is 14.6 Å². The minimum absolute atomic E-state index is 0.152. The van der Waals surface area contributed by atoms with E-state index in [0.717, 1.165) is 0 Å². The van der Waals surface area contributed by atoms with E-state index in [9.17, 15) is 4.79 Å². The van der Waals surface area contributed by atoms with Gasteiger partial charge in [0.15, 0.2) is 5.69 Å². The van der Waals surface area contributed by atoms with Crippen molar-refractivity contribution in [3.63, 3.8) is 0 Å². The third-order valence-electron chi connectivity index (χ3n) is 3.34. The van der Waals surface area contributed by atoms with Gasteiger partial charge in [-0.05, 0) is 24.3 Å². The summed E-state index contributed by atoms with van der Waals surface area (Å²) in [7, 11) is 0. The number of nitrogens with zero attached hydrogens (tertiary/aromatic N) is 3. The second kappa shape index (κ2) is 6.20. The van der Waals surface area contributed by atoms with Gasteiger partial charge in [0.25, 0.3) is 0 Å². The van der Waals surface area contributed by atoms with E-state index in [2.05, 4.69) is 9.83 Å². The first-order valence-corrected chi connectivity index (χ1v) is 6.93. The van der Waals surface area contributed by atoms with E-state index >= 15 is 0 Å². The zero-order valence-electron chi connectivity index (χ0n) is 12.1. The van der Waals surface area contributed by atoms with Crippen molar-refractivity contribution in [1.82, 2.24) is 9.55 Å². The Kier molecular flexibility index (Phi) is 3.93. The molecule has 23 heavy (non-hydrogen) atoms. The van der Waals surface area contributed by atoms with Crippen molar-refractivity contribution in [1.29, 1.82) is 0 Å². The third-order valence-corrected chi connectivity index (χ3v) is 3.34. The molecular weight excluding hydrogens is 294 g/mol. The summed E-state index contributed by atoms with van der Waals surface area (Å²) in [6.07, 6.45) is 0. The van der Waals surface area contributed by atoms with E-state index in [1.165, 1.54) is 0 Å². The number of benzene rings is 2. The quantitative estimate of drug-likeness (QED) is 0.735. The van der Waals surface area contributed by atoms with Gasteiger partial charge in [-0.15, -0.1) is 0 Å². The number of ether oxygens (including phenoxy) is 1. The highest BCUT2D eigenvalue weighted by Crippen LogP contribution is 2.23. The first kappa shape index (κ1) is 14.6.